The molecule has 2 atom stereocenters. The van der Waals surface area contributed by atoms with Crippen LogP contribution < -0.4 is 15.0 Å². The highest BCUT2D eigenvalue weighted by atomic mass is 19.4. The summed E-state index contributed by atoms with van der Waals surface area (Å²) < 4.78 is 45.0. The molecule has 0 bridgehead atoms. The number of ether oxygens (including phenoxy) is 1. The average Bonchev–Trinajstić information content (AvgIpc) is 3.09. The van der Waals surface area contributed by atoms with Crippen molar-refractivity contribution in [2.45, 2.75) is 31.6 Å². The lowest BCUT2D eigenvalue weighted by atomic mass is 10.1. The zero-order chi connectivity index (χ0) is 18.7. The summed E-state index contributed by atoms with van der Waals surface area (Å²) >= 11 is 0. The quantitative estimate of drug-likeness (QED) is 0.836. The van der Waals surface area contributed by atoms with Crippen LogP contribution in [0, 0.1) is 0 Å². The molecule has 1 saturated heterocycles. The number of hydrogen-bond donors (Lipinski definition) is 1. The van der Waals surface area contributed by atoms with Crippen molar-refractivity contribution in [1.29, 1.82) is 0 Å². The van der Waals surface area contributed by atoms with Gasteiger partial charge in [-0.15, -0.1) is 0 Å². The number of halogens is 3. The third-order valence-corrected chi connectivity index (χ3v) is 4.82. The topological polar surface area (TPSA) is 24.5 Å². The van der Waals surface area contributed by atoms with Gasteiger partial charge < -0.3 is 15.0 Å². The Kier molecular flexibility index (Phi) is 5.41. The van der Waals surface area contributed by atoms with Crippen LogP contribution in [0.2, 0.25) is 0 Å². The zero-order valence-corrected chi connectivity index (χ0v) is 14.9. The fourth-order valence-electron chi connectivity index (χ4n) is 3.46. The first-order chi connectivity index (χ1) is 12.4. The van der Waals surface area contributed by atoms with Gasteiger partial charge in [0.1, 0.15) is 5.75 Å². The number of anilines is 1. The lowest BCUT2D eigenvalue weighted by Gasteiger charge is -2.24. The second-order valence-electron chi connectivity index (χ2n) is 6.61. The van der Waals surface area contributed by atoms with Crippen LogP contribution >= 0.6 is 0 Å². The van der Waals surface area contributed by atoms with Gasteiger partial charge in [-0.1, -0.05) is 24.3 Å². The number of alkyl halides is 3. The molecule has 2 aromatic rings. The maximum atomic E-state index is 13.2. The van der Waals surface area contributed by atoms with E-state index in [9.17, 15) is 13.2 Å². The fourth-order valence-corrected chi connectivity index (χ4v) is 3.46. The standard InChI is InChI=1S/C20H23F3N2O/c1-14(15-6-5-7-17(12-15)26-2)24-16-10-11-25(13-16)19-9-4-3-8-18(19)20(21,22)23/h3-9,12,14,16,24H,10-11,13H2,1-2H3/t14-,16+/m0/s1. The molecule has 6 heteroatoms. The molecule has 0 aromatic heterocycles. The Morgan fingerprint density at radius 3 is 2.65 bits per heavy atom. The van der Waals surface area contributed by atoms with Crippen molar-refractivity contribution >= 4 is 5.69 Å². The van der Waals surface area contributed by atoms with Crippen LogP contribution in [0.1, 0.15) is 30.5 Å². The van der Waals surface area contributed by atoms with Crippen LogP contribution in [0.25, 0.3) is 0 Å². The Balaban J connectivity index is 1.68. The van der Waals surface area contributed by atoms with Crippen LogP contribution in [-0.4, -0.2) is 26.2 Å². The third kappa shape index (κ3) is 4.12. The Labute approximate surface area is 151 Å². The van der Waals surface area contributed by atoms with Gasteiger partial charge in [-0.3, -0.25) is 0 Å². The number of nitrogens with zero attached hydrogens (tertiary/aromatic N) is 1. The van der Waals surface area contributed by atoms with Crippen molar-refractivity contribution in [1.82, 2.24) is 5.32 Å². The van der Waals surface area contributed by atoms with Crippen LogP contribution in [0.3, 0.4) is 0 Å². The highest BCUT2D eigenvalue weighted by Crippen LogP contribution is 2.37. The van der Waals surface area contributed by atoms with E-state index in [0.29, 0.717) is 13.1 Å². The first-order valence-corrected chi connectivity index (χ1v) is 8.69. The molecule has 1 N–H and O–H groups in total. The van der Waals surface area contributed by atoms with E-state index in [0.717, 1.165) is 23.8 Å². The lowest BCUT2D eigenvalue weighted by Crippen LogP contribution is -2.34. The van der Waals surface area contributed by atoms with Gasteiger partial charge in [-0.2, -0.15) is 13.2 Å². The Morgan fingerprint density at radius 1 is 1.15 bits per heavy atom. The predicted octanol–water partition coefficient (Wildman–Crippen LogP) is 4.64. The first kappa shape index (κ1) is 18.6. The van der Waals surface area contributed by atoms with E-state index in [-0.39, 0.29) is 17.8 Å². The Morgan fingerprint density at radius 2 is 1.92 bits per heavy atom. The SMILES string of the molecule is COc1cccc([C@H](C)N[C@@H]2CCN(c3ccccc3C(F)(F)F)C2)c1. The van der Waals surface area contributed by atoms with Crippen molar-refractivity contribution in [3.05, 3.63) is 59.7 Å². The van der Waals surface area contributed by atoms with Crippen LogP contribution in [-0.2, 0) is 6.18 Å². The number of methoxy groups -OCH3 is 1. The highest BCUT2D eigenvalue weighted by molar-refractivity contribution is 5.56. The van der Waals surface area contributed by atoms with E-state index in [1.807, 2.05) is 29.2 Å². The molecule has 0 saturated carbocycles. The van der Waals surface area contributed by atoms with Gasteiger partial charge in [0.25, 0.3) is 0 Å². The molecule has 1 aliphatic rings. The Hall–Kier alpha value is -2.21. The maximum Gasteiger partial charge on any atom is 0.418 e. The molecule has 3 rings (SSSR count). The first-order valence-electron chi connectivity index (χ1n) is 8.69. The molecular formula is C20H23F3N2O. The molecule has 0 aliphatic carbocycles. The van der Waals surface area contributed by atoms with Gasteiger partial charge in [0.2, 0.25) is 0 Å². The molecule has 0 unspecified atom stereocenters. The van der Waals surface area contributed by atoms with Crippen LogP contribution in [0.4, 0.5) is 18.9 Å². The van der Waals surface area contributed by atoms with E-state index in [2.05, 4.69) is 12.2 Å². The van der Waals surface area contributed by atoms with Gasteiger partial charge in [0.05, 0.1) is 12.7 Å². The highest BCUT2D eigenvalue weighted by Gasteiger charge is 2.36. The molecule has 1 heterocycles. The van der Waals surface area contributed by atoms with Gasteiger partial charge in [0.15, 0.2) is 0 Å². The molecule has 2 aromatic carbocycles. The monoisotopic (exact) mass is 364 g/mol. The molecular weight excluding hydrogens is 341 g/mol. The predicted molar refractivity (Wildman–Crippen MR) is 96.6 cm³/mol. The summed E-state index contributed by atoms with van der Waals surface area (Å²) in [7, 11) is 1.63. The van der Waals surface area contributed by atoms with Crippen LogP contribution in [0.5, 0.6) is 5.75 Å². The van der Waals surface area contributed by atoms with E-state index in [1.54, 1.807) is 19.2 Å². The third-order valence-electron chi connectivity index (χ3n) is 4.82. The van der Waals surface area contributed by atoms with E-state index >= 15 is 0 Å². The fraction of sp³-hybridized carbons (Fsp3) is 0.400. The number of para-hydroxylation sites is 1. The van der Waals surface area contributed by atoms with Gasteiger partial charge in [-0.25, -0.2) is 0 Å². The second-order valence-corrected chi connectivity index (χ2v) is 6.61. The molecule has 3 nitrogen and oxygen atoms in total. The molecule has 26 heavy (non-hydrogen) atoms. The normalized spacial score (nSPS) is 18.8. The summed E-state index contributed by atoms with van der Waals surface area (Å²) in [5.74, 6) is 0.795. The second kappa shape index (κ2) is 7.58. The van der Waals surface area contributed by atoms with E-state index < -0.39 is 11.7 Å². The summed E-state index contributed by atoms with van der Waals surface area (Å²) in [6, 6.07) is 13.8. The minimum Gasteiger partial charge on any atom is -0.497 e. The summed E-state index contributed by atoms with van der Waals surface area (Å²) in [6.07, 6.45) is -3.53. The summed E-state index contributed by atoms with van der Waals surface area (Å²) in [5, 5.41) is 3.53. The molecule has 0 radical (unpaired) electrons. The summed E-state index contributed by atoms with van der Waals surface area (Å²) in [4.78, 5) is 1.82. The van der Waals surface area contributed by atoms with Crippen molar-refractivity contribution in [2.75, 3.05) is 25.1 Å². The number of hydrogen-bond acceptors (Lipinski definition) is 3. The average molecular weight is 364 g/mol. The number of nitrogens with one attached hydrogen (secondary N) is 1. The Bertz CT molecular complexity index is 748. The largest absolute Gasteiger partial charge is 0.497 e. The number of rotatable bonds is 5. The maximum absolute atomic E-state index is 13.2. The van der Waals surface area contributed by atoms with Gasteiger partial charge in [0, 0.05) is 30.9 Å². The molecule has 1 fully saturated rings. The summed E-state index contributed by atoms with van der Waals surface area (Å²) in [6.45, 7) is 3.22. The minimum absolute atomic E-state index is 0.0907. The van der Waals surface area contributed by atoms with Crippen LogP contribution in [0.15, 0.2) is 48.5 Å². The minimum atomic E-state index is -4.34. The van der Waals surface area contributed by atoms with Crippen molar-refractivity contribution in [3.63, 3.8) is 0 Å². The smallest absolute Gasteiger partial charge is 0.418 e. The molecule has 1 aliphatic heterocycles. The molecule has 0 amide bonds. The number of benzene rings is 2. The van der Waals surface area contributed by atoms with Crippen molar-refractivity contribution in [3.8, 4) is 5.75 Å². The van der Waals surface area contributed by atoms with E-state index in [4.69, 9.17) is 4.74 Å². The van der Waals surface area contributed by atoms with Gasteiger partial charge >= 0.3 is 6.18 Å². The summed E-state index contributed by atoms with van der Waals surface area (Å²) in [5.41, 5.74) is 0.790. The van der Waals surface area contributed by atoms with Crippen molar-refractivity contribution < 1.29 is 17.9 Å². The van der Waals surface area contributed by atoms with Crippen molar-refractivity contribution in [2.24, 2.45) is 0 Å². The molecule has 0 spiro atoms. The lowest BCUT2D eigenvalue weighted by molar-refractivity contribution is -0.137. The van der Waals surface area contributed by atoms with Gasteiger partial charge in [-0.05, 0) is 43.2 Å². The molecule has 140 valence electrons. The van der Waals surface area contributed by atoms with E-state index in [1.165, 1.54) is 6.07 Å². The zero-order valence-electron chi connectivity index (χ0n) is 14.9.